The number of nitrogens with zero attached hydrogens (tertiary/aromatic N) is 2. The molecule has 0 aromatic carbocycles. The van der Waals surface area contributed by atoms with Gasteiger partial charge in [-0.1, -0.05) is 0 Å². The van der Waals surface area contributed by atoms with Crippen LogP contribution in [-0.4, -0.2) is 24.4 Å². The number of carbonyl (C=O) groups excluding carboxylic acids is 1. The second-order valence-corrected chi connectivity index (χ2v) is 1.68. The molecule has 1 aliphatic heterocycles. The number of hydrogen-bond acceptors (Lipinski definition) is 3. The van der Waals surface area contributed by atoms with Crippen LogP contribution < -0.4 is 29.6 Å². The van der Waals surface area contributed by atoms with Crippen molar-refractivity contribution in [3.63, 3.8) is 0 Å². The molecule has 0 saturated heterocycles. The first-order valence-corrected chi connectivity index (χ1v) is 2.25. The zero-order chi connectivity index (χ0) is 6.04. The minimum Gasteiger partial charge on any atom is -0.538 e. The van der Waals surface area contributed by atoms with Crippen LogP contribution in [0.5, 0.6) is 0 Å². The zero-order valence-electron chi connectivity index (χ0n) is 5.46. The SMILES string of the molecule is CC1([C-]=O)N=CC=N1.[Na+]. The average Bonchev–Trinajstić information content (AvgIpc) is 2.17. The third-order valence-electron chi connectivity index (χ3n) is 0.912. The topological polar surface area (TPSA) is 41.8 Å². The van der Waals surface area contributed by atoms with Crippen molar-refractivity contribution in [3.8, 4) is 0 Å². The summed E-state index contributed by atoms with van der Waals surface area (Å²) in [5, 5.41) is 0. The van der Waals surface area contributed by atoms with E-state index >= 15 is 0 Å². The van der Waals surface area contributed by atoms with Crippen molar-refractivity contribution >= 4 is 18.7 Å². The van der Waals surface area contributed by atoms with Gasteiger partial charge in [-0.3, -0.25) is 9.98 Å². The Balaban J connectivity index is 0.000000640. The van der Waals surface area contributed by atoms with E-state index in [2.05, 4.69) is 9.98 Å². The van der Waals surface area contributed by atoms with Gasteiger partial charge in [-0.2, -0.15) is 0 Å². The summed E-state index contributed by atoms with van der Waals surface area (Å²) in [7, 11) is 0. The molecule has 0 aromatic heterocycles. The Morgan fingerprint density at radius 1 is 1.44 bits per heavy atom. The molecule has 1 heterocycles. The van der Waals surface area contributed by atoms with Crippen LogP contribution >= 0.6 is 0 Å². The van der Waals surface area contributed by atoms with Gasteiger partial charge < -0.3 is 4.79 Å². The fourth-order valence-electron chi connectivity index (χ4n) is 0.443. The largest absolute Gasteiger partial charge is 1.00 e. The van der Waals surface area contributed by atoms with Gasteiger partial charge in [0.25, 0.3) is 0 Å². The van der Waals surface area contributed by atoms with E-state index in [-0.39, 0.29) is 29.6 Å². The Labute approximate surface area is 75.6 Å². The third-order valence-corrected chi connectivity index (χ3v) is 0.912. The summed E-state index contributed by atoms with van der Waals surface area (Å²) in [5.74, 6) is 0. The molecule has 0 fully saturated rings. The number of hydrogen-bond donors (Lipinski definition) is 0. The molecule has 0 N–H and O–H groups in total. The smallest absolute Gasteiger partial charge is 0.538 e. The van der Waals surface area contributed by atoms with Crippen molar-refractivity contribution in [1.82, 2.24) is 0 Å². The van der Waals surface area contributed by atoms with Crippen LogP contribution in [0.4, 0.5) is 0 Å². The van der Waals surface area contributed by atoms with E-state index in [1.165, 1.54) is 12.4 Å². The van der Waals surface area contributed by atoms with Crippen LogP contribution in [-0.2, 0) is 4.79 Å². The van der Waals surface area contributed by atoms with Gasteiger partial charge in [0.05, 0.1) is 5.66 Å². The van der Waals surface area contributed by atoms with Crippen molar-refractivity contribution < 1.29 is 34.4 Å². The van der Waals surface area contributed by atoms with Crippen molar-refractivity contribution in [1.29, 1.82) is 0 Å². The average molecular weight is 132 g/mol. The summed E-state index contributed by atoms with van der Waals surface area (Å²) in [4.78, 5) is 17.4. The Morgan fingerprint density at radius 3 is 2.11 bits per heavy atom. The van der Waals surface area contributed by atoms with Crippen LogP contribution in [0.25, 0.3) is 0 Å². The standard InChI is InChI=1S/C5H5N2O.Na/c1-5(4-8)6-2-3-7-5;/h2-3H,1H3;/q-1;+1. The minimum atomic E-state index is -0.931. The predicted molar refractivity (Wildman–Crippen MR) is 31.1 cm³/mol. The first-order chi connectivity index (χ1) is 3.77. The Morgan fingerprint density at radius 2 is 1.89 bits per heavy atom. The predicted octanol–water partition coefficient (Wildman–Crippen LogP) is -3.03. The quantitative estimate of drug-likeness (QED) is 0.276. The van der Waals surface area contributed by atoms with E-state index < -0.39 is 5.66 Å². The van der Waals surface area contributed by atoms with Gasteiger partial charge in [-0.05, 0) is 6.92 Å². The van der Waals surface area contributed by atoms with E-state index in [1.54, 1.807) is 13.2 Å². The molecule has 0 radical (unpaired) electrons. The van der Waals surface area contributed by atoms with Gasteiger partial charge in [0.1, 0.15) is 0 Å². The molecule has 0 bridgehead atoms. The van der Waals surface area contributed by atoms with Crippen LogP contribution in [0.15, 0.2) is 9.98 Å². The molecule has 9 heavy (non-hydrogen) atoms. The van der Waals surface area contributed by atoms with Crippen LogP contribution in [0, 0.1) is 0 Å². The summed E-state index contributed by atoms with van der Waals surface area (Å²) in [6, 6.07) is 0. The molecule has 0 atom stereocenters. The Bertz CT molecular complexity index is 152. The van der Waals surface area contributed by atoms with Crippen LogP contribution in [0.2, 0.25) is 0 Å². The molecule has 0 unspecified atom stereocenters. The second-order valence-electron chi connectivity index (χ2n) is 1.68. The first kappa shape index (κ1) is 9.01. The van der Waals surface area contributed by atoms with Gasteiger partial charge in [-0.15, -0.1) is 0 Å². The third kappa shape index (κ3) is 2.01. The molecule has 0 aliphatic carbocycles. The molecule has 0 aromatic rings. The second kappa shape index (κ2) is 3.25. The summed E-state index contributed by atoms with van der Waals surface area (Å²) in [5.41, 5.74) is -0.931. The van der Waals surface area contributed by atoms with Crippen molar-refractivity contribution in [2.24, 2.45) is 9.98 Å². The zero-order valence-corrected chi connectivity index (χ0v) is 7.46. The van der Waals surface area contributed by atoms with Gasteiger partial charge in [0, 0.05) is 12.4 Å². The maximum absolute atomic E-state index is 9.98. The molecule has 0 saturated carbocycles. The molecular weight excluding hydrogens is 127 g/mol. The molecule has 1 aliphatic rings. The van der Waals surface area contributed by atoms with Crippen LogP contribution in [0.3, 0.4) is 0 Å². The molecule has 4 heteroatoms. The molecule has 0 spiro atoms. The normalized spacial score (nSPS) is 19.2. The van der Waals surface area contributed by atoms with Gasteiger partial charge in [0.15, 0.2) is 0 Å². The first-order valence-electron chi connectivity index (χ1n) is 2.25. The van der Waals surface area contributed by atoms with E-state index in [1.807, 2.05) is 0 Å². The monoisotopic (exact) mass is 132 g/mol. The van der Waals surface area contributed by atoms with E-state index in [0.717, 1.165) is 0 Å². The maximum atomic E-state index is 9.98. The Kier molecular flexibility index (Phi) is 3.25. The van der Waals surface area contributed by atoms with E-state index in [4.69, 9.17) is 0 Å². The summed E-state index contributed by atoms with van der Waals surface area (Å²) in [6.45, 7) is 1.60. The van der Waals surface area contributed by atoms with Crippen molar-refractivity contribution in [2.45, 2.75) is 12.6 Å². The van der Waals surface area contributed by atoms with E-state index in [0.29, 0.717) is 0 Å². The molecule has 3 nitrogen and oxygen atoms in total. The fraction of sp³-hybridized carbons (Fsp3) is 0.400. The summed E-state index contributed by atoms with van der Waals surface area (Å²) in [6.07, 6.45) is 4.68. The summed E-state index contributed by atoms with van der Waals surface area (Å²) < 4.78 is 0. The van der Waals surface area contributed by atoms with Crippen LogP contribution in [0.1, 0.15) is 6.92 Å². The number of aliphatic imine (C=N–C) groups is 2. The molecule has 42 valence electrons. The van der Waals surface area contributed by atoms with Gasteiger partial charge in [-0.25, -0.2) is 6.29 Å². The van der Waals surface area contributed by atoms with Crippen molar-refractivity contribution in [2.75, 3.05) is 0 Å². The van der Waals surface area contributed by atoms with Gasteiger partial charge >= 0.3 is 29.6 Å². The number of rotatable bonds is 1. The minimum absolute atomic E-state index is 0. The van der Waals surface area contributed by atoms with E-state index in [9.17, 15) is 4.79 Å². The molecule has 0 amide bonds. The summed E-state index contributed by atoms with van der Waals surface area (Å²) >= 11 is 0. The molecule has 1 rings (SSSR count). The van der Waals surface area contributed by atoms with Gasteiger partial charge in [0.2, 0.25) is 0 Å². The van der Waals surface area contributed by atoms with Crippen molar-refractivity contribution in [3.05, 3.63) is 0 Å². The fourth-order valence-corrected chi connectivity index (χ4v) is 0.443. The molecular formula is C5H5N2NaO. The Hall–Kier alpha value is 0.0100. The maximum Gasteiger partial charge on any atom is 1.00 e.